The van der Waals surface area contributed by atoms with Crippen LogP contribution in [-0.2, 0) is 18.9 Å². The van der Waals surface area contributed by atoms with E-state index in [9.17, 15) is 0 Å². The average Bonchev–Trinajstić information content (AvgIpc) is 2.55. The molecule has 0 aromatic heterocycles. The van der Waals surface area contributed by atoms with Gasteiger partial charge in [-0.3, -0.25) is 0 Å². The first-order valence-corrected chi connectivity index (χ1v) is 8.77. The van der Waals surface area contributed by atoms with Crippen LogP contribution in [0.4, 0.5) is 0 Å². The van der Waals surface area contributed by atoms with Crippen molar-refractivity contribution in [3.8, 4) is 0 Å². The van der Waals surface area contributed by atoms with E-state index in [0.29, 0.717) is 13.2 Å². The van der Waals surface area contributed by atoms with Crippen molar-refractivity contribution in [1.82, 2.24) is 10.6 Å². The summed E-state index contributed by atoms with van der Waals surface area (Å²) >= 11 is 0. The van der Waals surface area contributed by atoms with E-state index in [2.05, 4.69) is 10.6 Å². The van der Waals surface area contributed by atoms with Crippen LogP contribution in [-0.4, -0.2) is 78.0 Å². The van der Waals surface area contributed by atoms with Crippen molar-refractivity contribution in [1.29, 1.82) is 0 Å². The van der Waals surface area contributed by atoms with E-state index < -0.39 is 0 Å². The molecule has 0 unspecified atom stereocenters. The Morgan fingerprint density at radius 2 is 1.00 bits per heavy atom. The molecule has 6 nitrogen and oxygen atoms in total. The molecule has 1 saturated carbocycles. The number of rotatable bonds is 0. The third kappa shape index (κ3) is 7.85. The zero-order valence-corrected chi connectivity index (χ0v) is 13.7. The van der Waals surface area contributed by atoms with Crippen LogP contribution in [0.1, 0.15) is 25.7 Å². The molecular formula is C16H32N2O4. The van der Waals surface area contributed by atoms with Gasteiger partial charge in [-0.2, -0.15) is 0 Å². The highest BCUT2D eigenvalue weighted by Gasteiger charge is 2.26. The largest absolute Gasteiger partial charge is 0.378 e. The van der Waals surface area contributed by atoms with Crippen molar-refractivity contribution < 1.29 is 18.9 Å². The topological polar surface area (TPSA) is 61.0 Å². The maximum absolute atomic E-state index is 6.02. The van der Waals surface area contributed by atoms with Crippen LogP contribution in [0.3, 0.4) is 0 Å². The predicted octanol–water partition coefficient (Wildman–Crippen LogP) is 0.557. The fraction of sp³-hybridized carbons (Fsp3) is 1.00. The molecule has 0 radical (unpaired) electrons. The van der Waals surface area contributed by atoms with Crippen molar-refractivity contribution in [3.63, 3.8) is 0 Å². The van der Waals surface area contributed by atoms with Crippen LogP contribution >= 0.6 is 0 Å². The third-order valence-corrected chi connectivity index (χ3v) is 4.08. The van der Waals surface area contributed by atoms with E-state index in [1.165, 1.54) is 12.8 Å². The van der Waals surface area contributed by atoms with E-state index >= 15 is 0 Å². The molecule has 2 atom stereocenters. The van der Waals surface area contributed by atoms with E-state index in [1.807, 2.05) is 0 Å². The van der Waals surface area contributed by atoms with Crippen LogP contribution in [0.15, 0.2) is 0 Å². The molecule has 6 heteroatoms. The van der Waals surface area contributed by atoms with E-state index in [0.717, 1.165) is 65.4 Å². The van der Waals surface area contributed by atoms with Crippen molar-refractivity contribution in [3.05, 3.63) is 0 Å². The van der Waals surface area contributed by atoms with Gasteiger partial charge in [0.2, 0.25) is 0 Å². The molecule has 0 amide bonds. The summed E-state index contributed by atoms with van der Waals surface area (Å²) in [5, 5.41) is 6.69. The lowest BCUT2D eigenvalue weighted by Gasteiger charge is -2.31. The van der Waals surface area contributed by atoms with E-state index in [4.69, 9.17) is 18.9 Å². The number of hydrogen-bond donors (Lipinski definition) is 2. The predicted molar refractivity (Wildman–Crippen MR) is 85.3 cm³/mol. The van der Waals surface area contributed by atoms with Crippen molar-refractivity contribution in [2.24, 2.45) is 0 Å². The molecule has 0 bridgehead atoms. The molecule has 130 valence electrons. The van der Waals surface area contributed by atoms with Gasteiger partial charge in [-0.05, 0) is 12.8 Å². The number of nitrogens with one attached hydrogen (secondary N) is 2. The quantitative estimate of drug-likeness (QED) is 0.681. The second-order valence-corrected chi connectivity index (χ2v) is 5.83. The standard InChI is InChI=1S/C16H32N2O4/c1-2-4-16-15(3-1)21-11-7-17-5-9-19-13-14-20-10-6-18-8-12-22-16/h15-18H,1-14H2/t15-,16-/m1/s1. The summed E-state index contributed by atoms with van der Waals surface area (Å²) < 4.78 is 23.0. The zero-order valence-electron chi connectivity index (χ0n) is 13.7. The zero-order chi connectivity index (χ0) is 15.3. The molecule has 2 N–H and O–H groups in total. The lowest BCUT2D eigenvalue weighted by atomic mass is 9.94. The highest BCUT2D eigenvalue weighted by Crippen LogP contribution is 2.23. The molecule has 0 spiro atoms. The normalized spacial score (nSPS) is 31.6. The molecule has 2 rings (SSSR count). The SMILES string of the molecule is C1CC[C@H]2OCCNCCOCCOCCNCCO[C@@H]2C1. The average molecular weight is 316 g/mol. The summed E-state index contributed by atoms with van der Waals surface area (Å²) in [7, 11) is 0. The van der Waals surface area contributed by atoms with Gasteiger partial charge in [-0.25, -0.2) is 0 Å². The number of fused-ring (bicyclic) bond motifs is 1. The first kappa shape index (κ1) is 18.1. The maximum Gasteiger partial charge on any atom is 0.0837 e. The number of ether oxygens (including phenoxy) is 4. The van der Waals surface area contributed by atoms with Crippen LogP contribution < -0.4 is 10.6 Å². The first-order valence-electron chi connectivity index (χ1n) is 8.77. The molecule has 1 aliphatic heterocycles. The molecule has 2 aliphatic rings. The van der Waals surface area contributed by atoms with E-state index in [1.54, 1.807) is 0 Å². The Morgan fingerprint density at radius 3 is 1.50 bits per heavy atom. The van der Waals surface area contributed by atoms with Crippen LogP contribution in [0.5, 0.6) is 0 Å². The Bertz CT molecular complexity index is 243. The summed E-state index contributed by atoms with van der Waals surface area (Å²) in [5.41, 5.74) is 0. The summed E-state index contributed by atoms with van der Waals surface area (Å²) in [5.74, 6) is 0. The smallest absolute Gasteiger partial charge is 0.0837 e. The van der Waals surface area contributed by atoms with Crippen molar-refractivity contribution in [2.45, 2.75) is 37.9 Å². The minimum absolute atomic E-state index is 0.258. The molecule has 1 saturated heterocycles. The summed E-state index contributed by atoms with van der Waals surface area (Å²) in [6.45, 7) is 7.68. The molecule has 0 aromatic carbocycles. The first-order chi connectivity index (χ1) is 11.0. The van der Waals surface area contributed by atoms with Gasteiger partial charge in [-0.1, -0.05) is 12.8 Å². The highest BCUT2D eigenvalue weighted by molar-refractivity contribution is 4.77. The van der Waals surface area contributed by atoms with Gasteiger partial charge in [0, 0.05) is 26.2 Å². The Balaban J connectivity index is 1.69. The van der Waals surface area contributed by atoms with Crippen molar-refractivity contribution in [2.75, 3.05) is 65.8 Å². The summed E-state index contributed by atoms with van der Waals surface area (Å²) in [4.78, 5) is 0. The molecule has 1 aliphatic carbocycles. The lowest BCUT2D eigenvalue weighted by molar-refractivity contribution is -0.0905. The second-order valence-electron chi connectivity index (χ2n) is 5.83. The third-order valence-electron chi connectivity index (χ3n) is 4.08. The van der Waals surface area contributed by atoms with Gasteiger partial charge in [0.05, 0.1) is 51.8 Å². The van der Waals surface area contributed by atoms with Gasteiger partial charge < -0.3 is 29.6 Å². The fourth-order valence-electron chi connectivity index (χ4n) is 2.87. The maximum atomic E-state index is 6.02. The van der Waals surface area contributed by atoms with Crippen LogP contribution in [0.2, 0.25) is 0 Å². The summed E-state index contributed by atoms with van der Waals surface area (Å²) in [6, 6.07) is 0. The second kappa shape index (κ2) is 12.2. The number of hydrogen-bond acceptors (Lipinski definition) is 6. The van der Waals surface area contributed by atoms with Crippen LogP contribution in [0, 0.1) is 0 Å². The molecular weight excluding hydrogens is 284 g/mol. The fourth-order valence-corrected chi connectivity index (χ4v) is 2.87. The van der Waals surface area contributed by atoms with E-state index in [-0.39, 0.29) is 12.2 Å². The van der Waals surface area contributed by atoms with Gasteiger partial charge in [0.25, 0.3) is 0 Å². The Hall–Kier alpha value is -0.240. The molecule has 22 heavy (non-hydrogen) atoms. The van der Waals surface area contributed by atoms with Gasteiger partial charge in [0.15, 0.2) is 0 Å². The molecule has 2 fully saturated rings. The molecule has 0 aromatic rings. The Morgan fingerprint density at radius 1 is 0.545 bits per heavy atom. The van der Waals surface area contributed by atoms with Gasteiger partial charge in [0.1, 0.15) is 0 Å². The van der Waals surface area contributed by atoms with Gasteiger partial charge >= 0.3 is 0 Å². The summed E-state index contributed by atoms with van der Waals surface area (Å²) in [6.07, 6.45) is 5.26. The Kier molecular flexibility index (Phi) is 10.1. The molecule has 1 heterocycles. The minimum Gasteiger partial charge on any atom is -0.378 e. The Labute approximate surface area is 134 Å². The van der Waals surface area contributed by atoms with Gasteiger partial charge in [-0.15, -0.1) is 0 Å². The monoisotopic (exact) mass is 316 g/mol. The highest BCUT2D eigenvalue weighted by atomic mass is 16.5. The van der Waals surface area contributed by atoms with Crippen molar-refractivity contribution >= 4 is 0 Å². The van der Waals surface area contributed by atoms with Crippen LogP contribution in [0.25, 0.3) is 0 Å². The lowest BCUT2D eigenvalue weighted by Crippen LogP contribution is -2.38. The minimum atomic E-state index is 0.258.